The van der Waals surface area contributed by atoms with Crippen LogP contribution in [-0.2, 0) is 14.3 Å². The molecule has 1 saturated heterocycles. The Bertz CT molecular complexity index is 527. The quantitative estimate of drug-likeness (QED) is 0.0940. The van der Waals surface area contributed by atoms with E-state index >= 15 is 0 Å². The minimum Gasteiger partial charge on any atom is -0.464 e. The van der Waals surface area contributed by atoms with Crippen molar-refractivity contribution >= 4 is 17.7 Å². The fourth-order valence-corrected chi connectivity index (χ4v) is 4.20. The number of carbonyl (C=O) groups excluding carboxylic acids is 2. The third-order valence-electron chi connectivity index (χ3n) is 5.65. The van der Waals surface area contributed by atoms with Gasteiger partial charge in [0.05, 0.1) is 6.61 Å². The van der Waals surface area contributed by atoms with Gasteiger partial charge >= 0.3 is 5.97 Å². The summed E-state index contributed by atoms with van der Waals surface area (Å²) in [6.45, 7) is 3.22. The molecule has 7 N–H and O–H groups in total. The number of nitrogens with one attached hydrogen (secondary N) is 3. The van der Waals surface area contributed by atoms with Crippen molar-refractivity contribution in [2.24, 2.45) is 34.4 Å². The van der Waals surface area contributed by atoms with Crippen LogP contribution in [0.15, 0.2) is 5.10 Å². The second-order valence-corrected chi connectivity index (χ2v) is 7.67. The van der Waals surface area contributed by atoms with Gasteiger partial charge in [-0.2, -0.15) is 5.10 Å². The van der Waals surface area contributed by atoms with E-state index < -0.39 is 0 Å². The summed E-state index contributed by atoms with van der Waals surface area (Å²) in [7, 11) is 0. The lowest BCUT2D eigenvalue weighted by Crippen LogP contribution is -2.50. The maximum Gasteiger partial charge on any atom is 0.323 e. The largest absolute Gasteiger partial charge is 0.464 e. The summed E-state index contributed by atoms with van der Waals surface area (Å²) in [4.78, 5) is 23.1. The van der Waals surface area contributed by atoms with E-state index in [4.69, 9.17) is 16.3 Å². The third kappa shape index (κ3) is 7.34. The number of hydrazine groups is 1. The highest BCUT2D eigenvalue weighted by atomic mass is 16.5. The molecule has 154 valence electrons. The van der Waals surface area contributed by atoms with Crippen molar-refractivity contribution in [3.05, 3.63) is 0 Å². The maximum atomic E-state index is 12.3. The van der Waals surface area contributed by atoms with Gasteiger partial charge in [0.25, 0.3) is 0 Å². The van der Waals surface area contributed by atoms with E-state index in [1.807, 2.05) is 0 Å². The second-order valence-electron chi connectivity index (χ2n) is 7.67. The van der Waals surface area contributed by atoms with Crippen LogP contribution in [-0.4, -0.2) is 43.5 Å². The van der Waals surface area contributed by atoms with Crippen LogP contribution in [0.1, 0.15) is 51.9 Å². The van der Waals surface area contributed by atoms with Crippen molar-refractivity contribution in [2.75, 3.05) is 19.7 Å². The molecule has 1 saturated carbocycles. The molecule has 1 aliphatic carbocycles. The molecule has 0 spiro atoms. The molecule has 0 aromatic rings. The van der Waals surface area contributed by atoms with E-state index in [0.29, 0.717) is 43.2 Å². The minimum absolute atomic E-state index is 0.0690. The molecular weight excluding hydrogens is 348 g/mol. The van der Waals surface area contributed by atoms with Crippen LogP contribution >= 0.6 is 0 Å². The van der Waals surface area contributed by atoms with Crippen molar-refractivity contribution in [2.45, 2.75) is 57.9 Å². The van der Waals surface area contributed by atoms with E-state index in [1.165, 1.54) is 19.8 Å². The molecular formula is C18H34N6O3. The van der Waals surface area contributed by atoms with E-state index in [0.717, 1.165) is 32.2 Å². The lowest BCUT2D eigenvalue weighted by molar-refractivity contribution is -0.148. The topological polar surface area (TPSA) is 144 Å². The van der Waals surface area contributed by atoms with Crippen LogP contribution < -0.4 is 27.7 Å². The molecule has 27 heavy (non-hydrogen) atoms. The van der Waals surface area contributed by atoms with Crippen LogP contribution in [0.2, 0.25) is 0 Å². The molecule has 1 amide bonds. The number of amidine groups is 1. The second kappa shape index (κ2) is 11.1. The number of carbonyl (C=O) groups is 2. The van der Waals surface area contributed by atoms with Gasteiger partial charge < -0.3 is 21.1 Å². The van der Waals surface area contributed by atoms with E-state index in [9.17, 15) is 9.59 Å². The average molecular weight is 383 g/mol. The lowest BCUT2D eigenvalue weighted by atomic mass is 9.69. The Morgan fingerprint density at radius 3 is 2.81 bits per heavy atom. The number of amides is 1. The molecule has 1 aliphatic heterocycles. The first-order valence-corrected chi connectivity index (χ1v) is 9.91. The number of hydrazone groups is 1. The Morgan fingerprint density at radius 2 is 2.07 bits per heavy atom. The number of hydrogen-bond donors (Lipinski definition) is 5. The number of esters is 1. The van der Waals surface area contributed by atoms with Gasteiger partial charge in [-0.1, -0.05) is 6.42 Å². The zero-order valence-corrected chi connectivity index (χ0v) is 16.2. The smallest absolute Gasteiger partial charge is 0.323 e. The van der Waals surface area contributed by atoms with Crippen LogP contribution in [0.3, 0.4) is 0 Å². The molecule has 1 heterocycles. The highest BCUT2D eigenvalue weighted by Gasteiger charge is 2.38. The van der Waals surface area contributed by atoms with Crippen molar-refractivity contribution in [1.82, 2.24) is 16.2 Å². The van der Waals surface area contributed by atoms with Crippen LogP contribution in [0.25, 0.3) is 0 Å². The van der Waals surface area contributed by atoms with Gasteiger partial charge in [-0.05, 0) is 56.4 Å². The number of piperidine rings is 1. The number of rotatable bonds is 9. The van der Waals surface area contributed by atoms with Gasteiger partial charge in [0.15, 0.2) is 0 Å². The first-order valence-electron chi connectivity index (χ1n) is 9.91. The zero-order chi connectivity index (χ0) is 19.6. The fourth-order valence-electron chi connectivity index (χ4n) is 4.20. The van der Waals surface area contributed by atoms with Gasteiger partial charge in [0, 0.05) is 19.9 Å². The van der Waals surface area contributed by atoms with Crippen LogP contribution in [0.5, 0.6) is 0 Å². The number of nitrogens with zero attached hydrogens (tertiary/aromatic N) is 1. The highest BCUT2D eigenvalue weighted by Crippen LogP contribution is 2.40. The summed E-state index contributed by atoms with van der Waals surface area (Å²) >= 11 is 0. The predicted molar refractivity (Wildman–Crippen MR) is 103 cm³/mol. The summed E-state index contributed by atoms with van der Waals surface area (Å²) < 4.78 is 5.37. The third-order valence-corrected chi connectivity index (χ3v) is 5.65. The molecule has 4 atom stereocenters. The predicted octanol–water partition coefficient (Wildman–Crippen LogP) is -0.0341. The molecule has 9 nitrogen and oxygen atoms in total. The lowest BCUT2D eigenvalue weighted by Gasteiger charge is -2.42. The van der Waals surface area contributed by atoms with Gasteiger partial charge in [0.2, 0.25) is 5.91 Å². The first-order chi connectivity index (χ1) is 13.0. The summed E-state index contributed by atoms with van der Waals surface area (Å²) in [5, 5.41) is 9.85. The zero-order valence-electron chi connectivity index (χ0n) is 16.2. The fraction of sp³-hybridized carbons (Fsp3) is 0.833. The van der Waals surface area contributed by atoms with Crippen molar-refractivity contribution in [1.29, 1.82) is 0 Å². The molecule has 2 fully saturated rings. The summed E-state index contributed by atoms with van der Waals surface area (Å²) in [5.74, 6) is 7.24. The Morgan fingerprint density at radius 1 is 1.26 bits per heavy atom. The van der Waals surface area contributed by atoms with Gasteiger partial charge in [0.1, 0.15) is 11.9 Å². The molecule has 0 aromatic carbocycles. The van der Waals surface area contributed by atoms with E-state index in [1.54, 1.807) is 0 Å². The highest BCUT2D eigenvalue weighted by molar-refractivity contribution is 5.79. The summed E-state index contributed by atoms with van der Waals surface area (Å²) in [6.07, 6.45) is 6.72. The Labute approximate surface area is 161 Å². The standard InChI is InChI=1S/C18H34N6O3/c1-12(25)21-7-2-8-27-18(26)16-10-15-9-13(3-5-14(15)11-22-16)4-6-17(19)23-24-20/h13-16,22,24H,2-11,20H2,1H3,(H2,19,23)(H,21,25). The monoisotopic (exact) mass is 382 g/mol. The molecule has 0 radical (unpaired) electrons. The van der Waals surface area contributed by atoms with Crippen LogP contribution in [0.4, 0.5) is 0 Å². The number of hydrogen-bond acceptors (Lipinski definition) is 7. The van der Waals surface area contributed by atoms with Crippen molar-refractivity contribution in [3.63, 3.8) is 0 Å². The molecule has 2 aliphatic rings. The van der Waals surface area contributed by atoms with Gasteiger partial charge in [-0.25, -0.2) is 11.4 Å². The van der Waals surface area contributed by atoms with Crippen LogP contribution in [0, 0.1) is 17.8 Å². The Balaban J connectivity index is 1.71. The summed E-state index contributed by atoms with van der Waals surface area (Å²) in [6, 6.07) is -0.223. The number of fused-ring (bicyclic) bond motifs is 1. The van der Waals surface area contributed by atoms with Crippen molar-refractivity contribution in [3.8, 4) is 0 Å². The van der Waals surface area contributed by atoms with E-state index in [2.05, 4.69) is 21.3 Å². The molecule has 9 heteroatoms. The Kier molecular flexibility index (Phi) is 8.80. The van der Waals surface area contributed by atoms with Gasteiger partial charge in [-0.15, -0.1) is 0 Å². The SMILES string of the molecule is CC(=O)NCCCOC(=O)C1CC2CC(CC/C(N)=N/NN)CCC2CN1. The molecule has 0 bridgehead atoms. The Hall–Kier alpha value is -1.87. The minimum atomic E-state index is -0.223. The van der Waals surface area contributed by atoms with Crippen molar-refractivity contribution < 1.29 is 14.3 Å². The first kappa shape index (κ1) is 21.4. The number of nitrogens with two attached hydrogens (primary N) is 2. The normalized spacial score (nSPS) is 28.1. The van der Waals surface area contributed by atoms with E-state index in [-0.39, 0.29) is 17.9 Å². The number of ether oxygens (including phenoxy) is 1. The molecule has 2 rings (SSSR count). The maximum absolute atomic E-state index is 12.3. The average Bonchev–Trinajstić information content (AvgIpc) is 2.65. The molecule has 0 aromatic heterocycles. The molecule has 4 unspecified atom stereocenters. The van der Waals surface area contributed by atoms with Gasteiger partial charge in [-0.3, -0.25) is 9.59 Å². The summed E-state index contributed by atoms with van der Waals surface area (Å²) in [5.41, 5.74) is 8.02.